The van der Waals surface area contributed by atoms with E-state index in [1.54, 1.807) is 12.3 Å². The Hall–Kier alpha value is -1.40. The van der Waals surface area contributed by atoms with Crippen LogP contribution in [0.2, 0.25) is 5.02 Å². The Bertz CT molecular complexity index is 785. The van der Waals surface area contributed by atoms with Crippen molar-refractivity contribution in [2.75, 3.05) is 0 Å². The van der Waals surface area contributed by atoms with Crippen molar-refractivity contribution < 1.29 is 4.39 Å². The van der Waals surface area contributed by atoms with Gasteiger partial charge < -0.3 is 4.57 Å². The lowest BCUT2D eigenvalue weighted by Gasteiger charge is -2.09. The third kappa shape index (κ3) is 3.27. The number of imidazole rings is 1. The maximum absolute atomic E-state index is 13.5. The standard InChI is InChI=1S/C16H11ClFIN2/c17-14-5-4-11(8-15(14)18)10-21-7-6-20-16(21)12-2-1-3-13(19)9-12/h1-9H,10H2. The van der Waals surface area contributed by atoms with Crippen LogP contribution in [0, 0.1) is 9.39 Å². The molecule has 0 bridgehead atoms. The molecule has 0 spiro atoms. The van der Waals surface area contributed by atoms with Gasteiger partial charge in [-0.2, -0.15) is 0 Å². The van der Waals surface area contributed by atoms with Gasteiger partial charge in [0.25, 0.3) is 0 Å². The second-order valence-corrected chi connectivity index (χ2v) is 6.29. The molecule has 0 radical (unpaired) electrons. The van der Waals surface area contributed by atoms with Gasteiger partial charge in [-0.1, -0.05) is 29.8 Å². The summed E-state index contributed by atoms with van der Waals surface area (Å²) in [7, 11) is 0. The lowest BCUT2D eigenvalue weighted by Crippen LogP contribution is -2.01. The van der Waals surface area contributed by atoms with Crippen LogP contribution >= 0.6 is 34.2 Å². The molecule has 1 heterocycles. The molecular formula is C16H11ClFIN2. The maximum Gasteiger partial charge on any atom is 0.142 e. The molecule has 21 heavy (non-hydrogen) atoms. The molecule has 0 atom stereocenters. The van der Waals surface area contributed by atoms with Gasteiger partial charge in [-0.25, -0.2) is 9.37 Å². The van der Waals surface area contributed by atoms with Gasteiger partial charge >= 0.3 is 0 Å². The molecule has 0 aliphatic rings. The molecule has 1 aromatic heterocycles. The first-order valence-corrected chi connectivity index (χ1v) is 7.80. The van der Waals surface area contributed by atoms with Crippen molar-refractivity contribution in [1.29, 1.82) is 0 Å². The van der Waals surface area contributed by atoms with E-state index in [4.69, 9.17) is 11.6 Å². The van der Waals surface area contributed by atoms with Crippen LogP contribution in [-0.4, -0.2) is 9.55 Å². The minimum Gasteiger partial charge on any atom is -0.327 e. The molecule has 5 heteroatoms. The Morgan fingerprint density at radius 1 is 1.19 bits per heavy atom. The molecule has 0 amide bonds. The van der Waals surface area contributed by atoms with E-state index in [9.17, 15) is 4.39 Å². The van der Waals surface area contributed by atoms with Gasteiger partial charge in [0.15, 0.2) is 0 Å². The molecule has 0 saturated carbocycles. The molecule has 3 aromatic rings. The predicted molar refractivity (Wildman–Crippen MR) is 90.9 cm³/mol. The summed E-state index contributed by atoms with van der Waals surface area (Å²) in [6.45, 7) is 0.550. The highest BCUT2D eigenvalue weighted by molar-refractivity contribution is 14.1. The van der Waals surface area contributed by atoms with E-state index in [0.717, 1.165) is 20.5 Å². The quantitative estimate of drug-likeness (QED) is 0.554. The Labute approximate surface area is 140 Å². The molecular weight excluding hydrogens is 402 g/mol. The molecule has 0 unspecified atom stereocenters. The zero-order valence-electron chi connectivity index (χ0n) is 10.9. The minimum atomic E-state index is -0.398. The summed E-state index contributed by atoms with van der Waals surface area (Å²) in [6, 6.07) is 13.0. The fourth-order valence-electron chi connectivity index (χ4n) is 2.16. The van der Waals surface area contributed by atoms with Crippen LogP contribution in [0.3, 0.4) is 0 Å². The van der Waals surface area contributed by atoms with E-state index in [2.05, 4.69) is 33.6 Å². The Morgan fingerprint density at radius 3 is 2.81 bits per heavy atom. The molecule has 0 saturated heterocycles. The first-order valence-electron chi connectivity index (χ1n) is 6.34. The van der Waals surface area contributed by atoms with Gasteiger partial charge in [-0.15, -0.1) is 0 Å². The van der Waals surface area contributed by atoms with Gasteiger partial charge in [0.05, 0.1) is 5.02 Å². The number of nitrogens with zero attached hydrogens (tertiary/aromatic N) is 2. The summed E-state index contributed by atoms with van der Waals surface area (Å²) < 4.78 is 16.7. The van der Waals surface area contributed by atoms with E-state index in [-0.39, 0.29) is 5.02 Å². The number of hydrogen-bond acceptors (Lipinski definition) is 1. The molecule has 106 valence electrons. The number of hydrogen-bond donors (Lipinski definition) is 0. The minimum absolute atomic E-state index is 0.141. The van der Waals surface area contributed by atoms with Gasteiger partial charge in [-0.3, -0.25) is 0 Å². The monoisotopic (exact) mass is 412 g/mol. The van der Waals surface area contributed by atoms with Crippen LogP contribution in [0.15, 0.2) is 54.9 Å². The van der Waals surface area contributed by atoms with Crippen molar-refractivity contribution in [1.82, 2.24) is 9.55 Å². The summed E-state index contributed by atoms with van der Waals surface area (Å²) in [5.74, 6) is 0.467. The van der Waals surface area contributed by atoms with Crippen LogP contribution in [0.1, 0.15) is 5.56 Å². The number of benzene rings is 2. The van der Waals surface area contributed by atoms with E-state index in [1.165, 1.54) is 6.07 Å². The maximum atomic E-state index is 13.5. The lowest BCUT2D eigenvalue weighted by atomic mass is 10.2. The average molecular weight is 413 g/mol. The SMILES string of the molecule is Fc1cc(Cn2ccnc2-c2cccc(I)c2)ccc1Cl. The Balaban J connectivity index is 1.94. The highest BCUT2D eigenvalue weighted by atomic mass is 127. The van der Waals surface area contributed by atoms with Crippen molar-refractivity contribution in [3.05, 3.63) is 74.8 Å². The van der Waals surface area contributed by atoms with E-state index < -0.39 is 5.82 Å². The number of rotatable bonds is 3. The average Bonchev–Trinajstić information content (AvgIpc) is 2.91. The van der Waals surface area contributed by atoms with Crippen molar-refractivity contribution in [2.45, 2.75) is 6.54 Å². The van der Waals surface area contributed by atoms with E-state index in [1.807, 2.05) is 35.0 Å². The fraction of sp³-hybridized carbons (Fsp3) is 0.0625. The highest BCUT2D eigenvalue weighted by Crippen LogP contribution is 2.22. The molecule has 0 N–H and O–H groups in total. The first kappa shape index (κ1) is 14.5. The second-order valence-electron chi connectivity index (χ2n) is 4.64. The van der Waals surface area contributed by atoms with Crippen LogP contribution in [0.25, 0.3) is 11.4 Å². The van der Waals surface area contributed by atoms with Crippen molar-refractivity contribution in [2.24, 2.45) is 0 Å². The Morgan fingerprint density at radius 2 is 2.05 bits per heavy atom. The second kappa shape index (κ2) is 6.15. The smallest absolute Gasteiger partial charge is 0.142 e. The van der Waals surface area contributed by atoms with E-state index in [0.29, 0.717) is 6.54 Å². The normalized spacial score (nSPS) is 10.8. The molecule has 2 aromatic carbocycles. The topological polar surface area (TPSA) is 17.8 Å². The third-order valence-electron chi connectivity index (χ3n) is 3.14. The zero-order chi connectivity index (χ0) is 14.8. The summed E-state index contributed by atoms with van der Waals surface area (Å²) in [5.41, 5.74) is 1.89. The molecule has 0 aliphatic carbocycles. The first-order chi connectivity index (χ1) is 10.1. The summed E-state index contributed by atoms with van der Waals surface area (Å²) in [4.78, 5) is 4.40. The lowest BCUT2D eigenvalue weighted by molar-refractivity contribution is 0.624. The molecule has 3 rings (SSSR count). The predicted octanol–water partition coefficient (Wildman–Crippen LogP) is 5.00. The van der Waals surface area contributed by atoms with Gasteiger partial charge in [0.2, 0.25) is 0 Å². The van der Waals surface area contributed by atoms with Crippen LogP contribution in [-0.2, 0) is 6.54 Å². The van der Waals surface area contributed by atoms with Gasteiger partial charge in [0, 0.05) is 28.1 Å². The van der Waals surface area contributed by atoms with Gasteiger partial charge in [0.1, 0.15) is 11.6 Å². The van der Waals surface area contributed by atoms with E-state index >= 15 is 0 Å². The van der Waals surface area contributed by atoms with Crippen LogP contribution in [0.5, 0.6) is 0 Å². The van der Waals surface area contributed by atoms with Crippen molar-refractivity contribution in [3.63, 3.8) is 0 Å². The number of halogens is 3. The highest BCUT2D eigenvalue weighted by Gasteiger charge is 2.08. The Kier molecular flexibility index (Phi) is 4.26. The number of aromatic nitrogens is 2. The third-order valence-corrected chi connectivity index (χ3v) is 4.11. The fourth-order valence-corrected chi connectivity index (χ4v) is 2.82. The zero-order valence-corrected chi connectivity index (χ0v) is 13.8. The van der Waals surface area contributed by atoms with Crippen LogP contribution < -0.4 is 0 Å². The largest absolute Gasteiger partial charge is 0.327 e. The molecule has 0 aliphatic heterocycles. The molecule has 2 nitrogen and oxygen atoms in total. The molecule has 0 fully saturated rings. The summed E-state index contributed by atoms with van der Waals surface area (Å²) >= 11 is 7.98. The van der Waals surface area contributed by atoms with Crippen molar-refractivity contribution >= 4 is 34.2 Å². The van der Waals surface area contributed by atoms with Crippen LogP contribution in [0.4, 0.5) is 4.39 Å². The van der Waals surface area contributed by atoms with Crippen molar-refractivity contribution in [3.8, 4) is 11.4 Å². The summed E-state index contributed by atoms with van der Waals surface area (Å²) in [5, 5.41) is 0.141. The van der Waals surface area contributed by atoms with Gasteiger partial charge in [-0.05, 0) is 52.4 Å². The summed E-state index contributed by atoms with van der Waals surface area (Å²) in [6.07, 6.45) is 3.64.